The maximum atomic E-state index is 5.64. The Kier molecular flexibility index (Phi) is 3.82. The Bertz CT molecular complexity index is 693. The summed E-state index contributed by atoms with van der Waals surface area (Å²) in [5.74, 6) is 1.63. The number of methoxy groups -OCH3 is 1. The molecule has 0 N–H and O–H groups in total. The van der Waals surface area contributed by atoms with Gasteiger partial charge in [0.25, 0.3) is 0 Å². The van der Waals surface area contributed by atoms with E-state index in [9.17, 15) is 0 Å². The number of hydrogen-bond acceptors (Lipinski definition) is 4. The molecular weight excluding hydrogens is 266 g/mol. The molecule has 2 aromatic carbocycles. The van der Waals surface area contributed by atoms with E-state index in [2.05, 4.69) is 10.3 Å². The Balaban J connectivity index is 1.68. The van der Waals surface area contributed by atoms with E-state index in [1.165, 1.54) is 0 Å². The van der Waals surface area contributed by atoms with Crippen LogP contribution < -0.4 is 9.47 Å². The number of para-hydroxylation sites is 1. The van der Waals surface area contributed by atoms with Crippen molar-refractivity contribution in [3.8, 4) is 17.2 Å². The van der Waals surface area contributed by atoms with Crippen molar-refractivity contribution in [1.29, 1.82) is 0 Å². The van der Waals surface area contributed by atoms with Crippen molar-refractivity contribution in [2.24, 2.45) is 0 Å². The van der Waals surface area contributed by atoms with Gasteiger partial charge >= 0.3 is 0 Å². The molecule has 0 unspecified atom stereocenters. The molecule has 0 amide bonds. The summed E-state index contributed by atoms with van der Waals surface area (Å²) in [7, 11) is 1.64. The average molecular weight is 281 g/mol. The smallest absolute Gasteiger partial charge is 0.134 e. The van der Waals surface area contributed by atoms with Crippen molar-refractivity contribution < 1.29 is 9.47 Å². The van der Waals surface area contributed by atoms with Gasteiger partial charge in [-0.2, -0.15) is 0 Å². The molecule has 0 spiro atoms. The zero-order valence-electron chi connectivity index (χ0n) is 11.6. The molecular formula is C16H15N3O2. The number of nitrogens with zero attached hydrogens (tertiary/aromatic N) is 3. The molecule has 0 saturated carbocycles. The number of hydrogen-bond donors (Lipinski definition) is 0. The quantitative estimate of drug-likeness (QED) is 0.721. The first-order chi connectivity index (χ1) is 10.3. The summed E-state index contributed by atoms with van der Waals surface area (Å²) in [6.45, 7) is 0.389. The number of benzene rings is 2. The summed E-state index contributed by atoms with van der Waals surface area (Å²) >= 11 is 0. The lowest BCUT2D eigenvalue weighted by atomic mass is 10.3. The number of rotatable bonds is 5. The summed E-state index contributed by atoms with van der Waals surface area (Å²) in [6.07, 6.45) is 1.85. The van der Waals surface area contributed by atoms with E-state index in [0.717, 1.165) is 22.9 Å². The molecule has 0 fully saturated rings. The monoisotopic (exact) mass is 281 g/mol. The van der Waals surface area contributed by atoms with Crippen molar-refractivity contribution >= 4 is 0 Å². The van der Waals surface area contributed by atoms with Gasteiger partial charge in [-0.05, 0) is 36.4 Å². The van der Waals surface area contributed by atoms with Crippen LogP contribution >= 0.6 is 0 Å². The first-order valence-corrected chi connectivity index (χ1v) is 6.58. The van der Waals surface area contributed by atoms with E-state index >= 15 is 0 Å². The van der Waals surface area contributed by atoms with E-state index in [4.69, 9.17) is 9.47 Å². The Morgan fingerprint density at radius 3 is 2.43 bits per heavy atom. The molecule has 1 heterocycles. The Hall–Kier alpha value is -2.82. The summed E-state index contributed by atoms with van der Waals surface area (Å²) < 4.78 is 12.5. The maximum Gasteiger partial charge on any atom is 0.134 e. The van der Waals surface area contributed by atoms with Crippen LogP contribution in [-0.4, -0.2) is 22.1 Å². The second-order valence-corrected chi connectivity index (χ2v) is 4.45. The van der Waals surface area contributed by atoms with Gasteiger partial charge < -0.3 is 9.47 Å². The lowest BCUT2D eigenvalue weighted by molar-refractivity contribution is 0.301. The maximum absolute atomic E-state index is 5.64. The molecule has 5 nitrogen and oxygen atoms in total. The first kappa shape index (κ1) is 13.2. The predicted molar refractivity (Wildman–Crippen MR) is 78.7 cm³/mol. The molecule has 0 aliphatic carbocycles. The Morgan fingerprint density at radius 2 is 1.71 bits per heavy atom. The number of ether oxygens (including phenoxy) is 2. The van der Waals surface area contributed by atoms with Gasteiger partial charge in [-0.1, -0.05) is 23.4 Å². The largest absolute Gasteiger partial charge is 0.497 e. The predicted octanol–water partition coefficient (Wildman–Crippen LogP) is 2.85. The molecule has 3 rings (SSSR count). The van der Waals surface area contributed by atoms with Crippen LogP contribution in [0.2, 0.25) is 0 Å². The standard InChI is InChI=1S/C16H15N3O2/c1-20-15-9-7-14(8-10-15)19-11-13(17-18-19)12-21-16-5-3-2-4-6-16/h2-11H,12H2,1H3. The van der Waals surface area contributed by atoms with Crippen molar-refractivity contribution in [1.82, 2.24) is 15.0 Å². The molecule has 0 atom stereocenters. The molecule has 1 aromatic heterocycles. The minimum atomic E-state index is 0.389. The van der Waals surface area contributed by atoms with E-state index in [-0.39, 0.29) is 0 Å². The number of aromatic nitrogens is 3. The molecule has 21 heavy (non-hydrogen) atoms. The minimum Gasteiger partial charge on any atom is -0.497 e. The Labute approximate surface area is 122 Å². The Morgan fingerprint density at radius 1 is 0.952 bits per heavy atom. The van der Waals surface area contributed by atoms with Crippen LogP contribution in [0, 0.1) is 0 Å². The van der Waals surface area contributed by atoms with E-state index in [0.29, 0.717) is 6.61 Å². The first-order valence-electron chi connectivity index (χ1n) is 6.58. The molecule has 106 valence electrons. The summed E-state index contributed by atoms with van der Waals surface area (Å²) in [4.78, 5) is 0. The van der Waals surface area contributed by atoms with Crippen LogP contribution in [0.3, 0.4) is 0 Å². The van der Waals surface area contributed by atoms with Crippen molar-refractivity contribution in [2.75, 3.05) is 7.11 Å². The normalized spacial score (nSPS) is 10.3. The van der Waals surface area contributed by atoms with Crippen LogP contribution in [0.25, 0.3) is 5.69 Å². The molecule has 0 bridgehead atoms. The van der Waals surface area contributed by atoms with Crippen molar-refractivity contribution in [3.05, 3.63) is 66.5 Å². The molecule has 0 radical (unpaired) electrons. The second-order valence-electron chi connectivity index (χ2n) is 4.45. The highest BCUT2D eigenvalue weighted by Crippen LogP contribution is 2.15. The molecule has 0 aliphatic heterocycles. The van der Waals surface area contributed by atoms with Crippen molar-refractivity contribution in [3.63, 3.8) is 0 Å². The van der Waals surface area contributed by atoms with Crippen LogP contribution in [0.1, 0.15) is 5.69 Å². The minimum absolute atomic E-state index is 0.389. The highest BCUT2D eigenvalue weighted by Gasteiger charge is 2.04. The topological polar surface area (TPSA) is 49.2 Å². The van der Waals surface area contributed by atoms with Crippen LogP contribution in [-0.2, 0) is 6.61 Å². The van der Waals surface area contributed by atoms with Gasteiger partial charge in [0.05, 0.1) is 19.0 Å². The van der Waals surface area contributed by atoms with Gasteiger partial charge in [-0.3, -0.25) is 0 Å². The average Bonchev–Trinajstić information content (AvgIpc) is 3.03. The van der Waals surface area contributed by atoms with Crippen LogP contribution in [0.5, 0.6) is 11.5 Å². The third kappa shape index (κ3) is 3.20. The van der Waals surface area contributed by atoms with Gasteiger partial charge in [0, 0.05) is 0 Å². The third-order valence-electron chi connectivity index (χ3n) is 3.01. The van der Waals surface area contributed by atoms with Gasteiger partial charge in [0.2, 0.25) is 0 Å². The summed E-state index contributed by atoms with van der Waals surface area (Å²) in [6, 6.07) is 17.3. The fraction of sp³-hybridized carbons (Fsp3) is 0.125. The second kappa shape index (κ2) is 6.09. The molecule has 5 heteroatoms. The fourth-order valence-electron chi connectivity index (χ4n) is 1.90. The molecule has 0 aliphatic rings. The van der Waals surface area contributed by atoms with Crippen LogP contribution in [0.15, 0.2) is 60.8 Å². The van der Waals surface area contributed by atoms with Gasteiger partial charge in [-0.25, -0.2) is 4.68 Å². The zero-order chi connectivity index (χ0) is 14.5. The lowest BCUT2D eigenvalue weighted by Crippen LogP contribution is -1.95. The third-order valence-corrected chi connectivity index (χ3v) is 3.01. The van der Waals surface area contributed by atoms with Gasteiger partial charge in [0.15, 0.2) is 0 Å². The SMILES string of the molecule is COc1ccc(-n2cc(COc3ccccc3)nn2)cc1. The lowest BCUT2D eigenvalue weighted by Gasteiger charge is -2.03. The summed E-state index contributed by atoms with van der Waals surface area (Å²) in [5, 5.41) is 8.21. The summed E-state index contributed by atoms with van der Waals surface area (Å²) in [5.41, 5.74) is 1.70. The highest BCUT2D eigenvalue weighted by molar-refractivity contribution is 5.36. The van der Waals surface area contributed by atoms with Gasteiger partial charge in [-0.15, -0.1) is 5.10 Å². The molecule has 3 aromatic rings. The fourth-order valence-corrected chi connectivity index (χ4v) is 1.90. The molecule has 0 saturated heterocycles. The van der Waals surface area contributed by atoms with Crippen molar-refractivity contribution in [2.45, 2.75) is 6.61 Å². The van der Waals surface area contributed by atoms with Crippen LogP contribution in [0.4, 0.5) is 0 Å². The zero-order valence-corrected chi connectivity index (χ0v) is 11.6. The highest BCUT2D eigenvalue weighted by atomic mass is 16.5. The van der Waals surface area contributed by atoms with E-state index in [1.807, 2.05) is 60.8 Å². The van der Waals surface area contributed by atoms with E-state index in [1.54, 1.807) is 11.8 Å². The van der Waals surface area contributed by atoms with E-state index < -0.39 is 0 Å². The van der Waals surface area contributed by atoms with Gasteiger partial charge in [0.1, 0.15) is 23.8 Å².